The molecule has 1 fully saturated rings. The monoisotopic (exact) mass is 187 g/mol. The standard InChI is InChI=1S/C13H17N/c1-13(2)8-7-11-12(13)9-5-3-4-6-10(9)14-11/h3-6,11-12,14H,7-8H2,1-2H3. The average molecular weight is 187 g/mol. The predicted octanol–water partition coefficient (Wildman–Crippen LogP) is 3.38. The summed E-state index contributed by atoms with van der Waals surface area (Å²) in [4.78, 5) is 0. The Labute approximate surface area is 85.5 Å². The summed E-state index contributed by atoms with van der Waals surface area (Å²) in [5, 5.41) is 3.65. The molecule has 74 valence electrons. The van der Waals surface area contributed by atoms with Crippen LogP contribution in [0.4, 0.5) is 5.69 Å². The lowest BCUT2D eigenvalue weighted by molar-refractivity contribution is 0.333. The average Bonchev–Trinajstić information content (AvgIpc) is 2.65. The number of hydrogen-bond donors (Lipinski definition) is 1. The van der Waals surface area contributed by atoms with Crippen LogP contribution in [0.2, 0.25) is 0 Å². The van der Waals surface area contributed by atoms with Gasteiger partial charge in [-0.05, 0) is 29.9 Å². The first-order valence-corrected chi connectivity index (χ1v) is 5.54. The SMILES string of the molecule is CC1(C)CCC2Nc3ccccc3C21. The summed E-state index contributed by atoms with van der Waals surface area (Å²) in [6.07, 6.45) is 2.68. The van der Waals surface area contributed by atoms with Gasteiger partial charge in [0.15, 0.2) is 0 Å². The summed E-state index contributed by atoms with van der Waals surface area (Å²) in [5.74, 6) is 0.735. The molecule has 0 amide bonds. The van der Waals surface area contributed by atoms with Crippen molar-refractivity contribution in [1.29, 1.82) is 0 Å². The van der Waals surface area contributed by atoms with Gasteiger partial charge >= 0.3 is 0 Å². The van der Waals surface area contributed by atoms with E-state index >= 15 is 0 Å². The van der Waals surface area contributed by atoms with Gasteiger partial charge in [0.25, 0.3) is 0 Å². The number of nitrogens with one attached hydrogen (secondary N) is 1. The Balaban J connectivity index is 2.11. The molecule has 3 rings (SSSR count). The first-order chi connectivity index (χ1) is 6.68. The molecule has 0 bridgehead atoms. The minimum atomic E-state index is 0.476. The van der Waals surface area contributed by atoms with E-state index in [1.165, 1.54) is 18.5 Å². The molecule has 0 saturated heterocycles. The highest BCUT2D eigenvalue weighted by molar-refractivity contribution is 5.60. The molecule has 1 aliphatic heterocycles. The second-order valence-electron chi connectivity index (χ2n) is 5.34. The third kappa shape index (κ3) is 0.956. The molecule has 2 unspecified atom stereocenters. The van der Waals surface area contributed by atoms with Gasteiger partial charge in [-0.15, -0.1) is 0 Å². The fourth-order valence-corrected chi connectivity index (χ4v) is 3.29. The minimum Gasteiger partial charge on any atom is -0.381 e. The third-order valence-corrected chi connectivity index (χ3v) is 3.98. The molecule has 1 heteroatoms. The zero-order valence-corrected chi connectivity index (χ0v) is 8.88. The van der Waals surface area contributed by atoms with Crippen LogP contribution in [-0.2, 0) is 0 Å². The van der Waals surface area contributed by atoms with Gasteiger partial charge in [0.2, 0.25) is 0 Å². The second-order valence-corrected chi connectivity index (χ2v) is 5.34. The quantitative estimate of drug-likeness (QED) is 0.656. The highest BCUT2D eigenvalue weighted by Crippen LogP contribution is 2.54. The molecule has 1 saturated carbocycles. The number of fused-ring (bicyclic) bond motifs is 3. The Morgan fingerprint density at radius 3 is 2.93 bits per heavy atom. The molecule has 1 aromatic carbocycles. The van der Waals surface area contributed by atoms with Crippen LogP contribution in [0.3, 0.4) is 0 Å². The Hall–Kier alpha value is -0.980. The van der Waals surface area contributed by atoms with E-state index in [4.69, 9.17) is 0 Å². The van der Waals surface area contributed by atoms with Crippen LogP contribution in [0, 0.1) is 5.41 Å². The van der Waals surface area contributed by atoms with Gasteiger partial charge in [0.1, 0.15) is 0 Å². The van der Waals surface area contributed by atoms with Gasteiger partial charge in [-0.1, -0.05) is 32.0 Å². The van der Waals surface area contributed by atoms with Crippen LogP contribution in [0.1, 0.15) is 38.2 Å². The van der Waals surface area contributed by atoms with E-state index in [1.807, 2.05) is 0 Å². The zero-order valence-electron chi connectivity index (χ0n) is 8.88. The Kier molecular flexibility index (Phi) is 1.51. The van der Waals surface area contributed by atoms with Crippen molar-refractivity contribution in [2.24, 2.45) is 5.41 Å². The molecule has 0 spiro atoms. The molecule has 1 aliphatic carbocycles. The van der Waals surface area contributed by atoms with E-state index in [1.54, 1.807) is 5.56 Å². The maximum Gasteiger partial charge on any atom is 0.0378 e. The molecular formula is C13H17N. The van der Waals surface area contributed by atoms with E-state index in [0.29, 0.717) is 11.5 Å². The fraction of sp³-hybridized carbons (Fsp3) is 0.538. The maximum atomic E-state index is 3.65. The highest BCUT2D eigenvalue weighted by Gasteiger charge is 2.46. The largest absolute Gasteiger partial charge is 0.381 e. The van der Waals surface area contributed by atoms with E-state index in [2.05, 4.69) is 43.4 Å². The Morgan fingerprint density at radius 1 is 1.29 bits per heavy atom. The van der Waals surface area contributed by atoms with Crippen LogP contribution < -0.4 is 5.32 Å². The summed E-state index contributed by atoms with van der Waals surface area (Å²) < 4.78 is 0. The summed E-state index contributed by atoms with van der Waals surface area (Å²) in [7, 11) is 0. The van der Waals surface area contributed by atoms with Crippen molar-refractivity contribution in [3.05, 3.63) is 29.8 Å². The fourth-order valence-electron chi connectivity index (χ4n) is 3.29. The van der Waals surface area contributed by atoms with Crippen molar-refractivity contribution in [2.75, 3.05) is 5.32 Å². The predicted molar refractivity (Wildman–Crippen MR) is 59.6 cm³/mol. The van der Waals surface area contributed by atoms with Crippen molar-refractivity contribution in [1.82, 2.24) is 0 Å². The normalized spacial score (nSPS) is 32.1. The topological polar surface area (TPSA) is 12.0 Å². The van der Waals surface area contributed by atoms with Crippen molar-refractivity contribution >= 4 is 5.69 Å². The summed E-state index contributed by atoms with van der Waals surface area (Å²) in [6.45, 7) is 4.81. The molecule has 0 aromatic heterocycles. The lowest BCUT2D eigenvalue weighted by atomic mass is 9.78. The van der Waals surface area contributed by atoms with Gasteiger partial charge in [0.05, 0.1) is 0 Å². The van der Waals surface area contributed by atoms with Crippen LogP contribution in [0.15, 0.2) is 24.3 Å². The molecule has 1 N–H and O–H groups in total. The van der Waals surface area contributed by atoms with Crippen LogP contribution in [0.5, 0.6) is 0 Å². The van der Waals surface area contributed by atoms with E-state index in [9.17, 15) is 0 Å². The summed E-state index contributed by atoms with van der Waals surface area (Å²) in [5.41, 5.74) is 3.39. The van der Waals surface area contributed by atoms with E-state index in [-0.39, 0.29) is 0 Å². The van der Waals surface area contributed by atoms with Crippen LogP contribution >= 0.6 is 0 Å². The number of benzene rings is 1. The molecule has 1 nitrogen and oxygen atoms in total. The van der Waals surface area contributed by atoms with Crippen molar-refractivity contribution in [2.45, 2.75) is 38.6 Å². The number of hydrogen-bond acceptors (Lipinski definition) is 1. The molecule has 2 atom stereocenters. The smallest absolute Gasteiger partial charge is 0.0378 e. The summed E-state index contributed by atoms with van der Waals surface area (Å²) >= 11 is 0. The van der Waals surface area contributed by atoms with Gasteiger partial charge in [-0.3, -0.25) is 0 Å². The van der Waals surface area contributed by atoms with E-state index < -0.39 is 0 Å². The van der Waals surface area contributed by atoms with E-state index in [0.717, 1.165) is 5.92 Å². The molecule has 0 radical (unpaired) electrons. The lowest BCUT2D eigenvalue weighted by Crippen LogP contribution is -2.21. The third-order valence-electron chi connectivity index (χ3n) is 3.98. The first-order valence-electron chi connectivity index (χ1n) is 5.54. The number of anilines is 1. The summed E-state index contributed by atoms with van der Waals surface area (Å²) in [6, 6.07) is 9.49. The van der Waals surface area contributed by atoms with Gasteiger partial charge in [0, 0.05) is 17.6 Å². The first kappa shape index (κ1) is 8.34. The number of para-hydroxylation sites is 1. The number of rotatable bonds is 0. The van der Waals surface area contributed by atoms with Crippen molar-refractivity contribution < 1.29 is 0 Å². The lowest BCUT2D eigenvalue weighted by Gasteiger charge is -2.26. The Morgan fingerprint density at radius 2 is 2.07 bits per heavy atom. The van der Waals surface area contributed by atoms with Gasteiger partial charge in [-0.25, -0.2) is 0 Å². The molecule has 2 aliphatic rings. The molecule has 1 aromatic rings. The van der Waals surface area contributed by atoms with Crippen molar-refractivity contribution in [3.63, 3.8) is 0 Å². The molecular weight excluding hydrogens is 170 g/mol. The van der Waals surface area contributed by atoms with Gasteiger partial charge in [-0.2, -0.15) is 0 Å². The van der Waals surface area contributed by atoms with Crippen LogP contribution in [-0.4, -0.2) is 6.04 Å². The second kappa shape index (κ2) is 2.53. The molecule has 1 heterocycles. The van der Waals surface area contributed by atoms with Gasteiger partial charge < -0.3 is 5.32 Å². The molecule has 14 heavy (non-hydrogen) atoms. The zero-order chi connectivity index (χ0) is 9.76. The minimum absolute atomic E-state index is 0.476. The Bertz CT molecular complexity index is 367. The van der Waals surface area contributed by atoms with Crippen molar-refractivity contribution in [3.8, 4) is 0 Å². The highest BCUT2D eigenvalue weighted by atomic mass is 15.0. The van der Waals surface area contributed by atoms with Crippen LogP contribution in [0.25, 0.3) is 0 Å². The maximum absolute atomic E-state index is 3.65.